The molecule has 0 saturated heterocycles. The van der Waals surface area contributed by atoms with Crippen LogP contribution in [0.25, 0.3) is 0 Å². The van der Waals surface area contributed by atoms with E-state index in [1.54, 1.807) is 12.7 Å². The number of ether oxygens (including phenoxy) is 1. The number of aliphatic hydroxyl groups is 2. The van der Waals surface area contributed by atoms with Gasteiger partial charge in [0, 0.05) is 7.11 Å². The highest BCUT2D eigenvalue weighted by molar-refractivity contribution is 5.22. The number of allylic oxidation sites excluding steroid dienone is 1. The average molecular weight is 419 g/mol. The van der Waals surface area contributed by atoms with Crippen LogP contribution in [0.15, 0.2) is 11.6 Å². The second-order valence-corrected chi connectivity index (χ2v) is 12.5. The number of fused-ring (bicyclic) bond motifs is 5. The lowest BCUT2D eigenvalue weighted by molar-refractivity contribution is -0.0709. The van der Waals surface area contributed by atoms with Crippen LogP contribution in [-0.2, 0) is 4.74 Å². The Morgan fingerprint density at radius 3 is 2.63 bits per heavy atom. The second-order valence-electron chi connectivity index (χ2n) is 12.5. The predicted octanol–water partition coefficient (Wildman–Crippen LogP) is 5.74. The summed E-state index contributed by atoms with van der Waals surface area (Å²) in [6.07, 6.45) is 14.2. The fourth-order valence-corrected chi connectivity index (χ4v) is 8.51. The van der Waals surface area contributed by atoms with Gasteiger partial charge in [0.15, 0.2) is 0 Å². The maximum atomic E-state index is 10.9. The Balaban J connectivity index is 1.47. The van der Waals surface area contributed by atoms with E-state index in [0.29, 0.717) is 23.9 Å². The van der Waals surface area contributed by atoms with E-state index in [0.717, 1.165) is 55.8 Å². The van der Waals surface area contributed by atoms with Gasteiger partial charge in [-0.3, -0.25) is 0 Å². The molecule has 4 aliphatic carbocycles. The highest BCUT2D eigenvalue weighted by Crippen LogP contribution is 2.65. The molecule has 3 saturated carbocycles. The van der Waals surface area contributed by atoms with Gasteiger partial charge in [-0.2, -0.15) is 0 Å². The minimum atomic E-state index is -0.637. The van der Waals surface area contributed by atoms with Crippen LogP contribution in [0.5, 0.6) is 0 Å². The van der Waals surface area contributed by atoms with E-state index in [1.165, 1.54) is 32.1 Å². The molecule has 3 fully saturated rings. The number of methoxy groups -OCH3 is 1. The molecule has 0 spiro atoms. The van der Waals surface area contributed by atoms with Crippen molar-refractivity contribution in [2.24, 2.45) is 40.9 Å². The molecule has 0 aromatic heterocycles. The van der Waals surface area contributed by atoms with Crippen LogP contribution in [0.3, 0.4) is 0 Å². The Morgan fingerprint density at radius 1 is 1.17 bits per heavy atom. The number of rotatable bonds is 6. The molecule has 0 aromatic rings. The highest BCUT2D eigenvalue weighted by Gasteiger charge is 2.57. The smallest absolute Gasteiger partial charge is 0.0917 e. The summed E-state index contributed by atoms with van der Waals surface area (Å²) < 4.78 is 5.32. The van der Waals surface area contributed by atoms with Crippen molar-refractivity contribution >= 4 is 0 Å². The topological polar surface area (TPSA) is 49.7 Å². The second kappa shape index (κ2) is 8.19. The third-order valence-corrected chi connectivity index (χ3v) is 9.98. The number of hydrogen-bond donors (Lipinski definition) is 2. The van der Waals surface area contributed by atoms with Crippen LogP contribution in [0.4, 0.5) is 0 Å². The quantitative estimate of drug-likeness (QED) is 0.541. The van der Waals surface area contributed by atoms with E-state index < -0.39 is 11.2 Å². The molecule has 0 bridgehead atoms. The molecule has 0 aliphatic heterocycles. The van der Waals surface area contributed by atoms with E-state index in [1.807, 2.05) is 13.8 Å². The van der Waals surface area contributed by atoms with Gasteiger partial charge in [-0.05, 0) is 119 Å². The zero-order valence-electron chi connectivity index (χ0n) is 20.1. The molecule has 0 aromatic carbocycles. The largest absolute Gasteiger partial charge is 0.390 e. The Labute approximate surface area is 184 Å². The lowest BCUT2D eigenvalue weighted by atomic mass is 9.50. The summed E-state index contributed by atoms with van der Waals surface area (Å²) in [5.74, 6) is 4.77. The summed E-state index contributed by atoms with van der Waals surface area (Å²) in [5, 5.41) is 21.1. The summed E-state index contributed by atoms with van der Waals surface area (Å²) in [6, 6.07) is 0. The normalized spacial score (nSPS) is 44.6. The van der Waals surface area contributed by atoms with E-state index in [-0.39, 0.29) is 0 Å². The summed E-state index contributed by atoms with van der Waals surface area (Å²) in [6.45, 7) is 9.44. The molecule has 4 rings (SSSR count). The van der Waals surface area contributed by atoms with Crippen LogP contribution in [-0.4, -0.2) is 35.1 Å². The molecule has 3 heteroatoms. The zero-order chi connectivity index (χ0) is 21.7. The van der Waals surface area contributed by atoms with Gasteiger partial charge in [0.25, 0.3) is 0 Å². The summed E-state index contributed by atoms with van der Waals surface area (Å²) >= 11 is 0. The molecule has 8 atom stereocenters. The average Bonchev–Trinajstić information content (AvgIpc) is 3.02. The summed E-state index contributed by atoms with van der Waals surface area (Å²) in [5.41, 5.74) is 0.846. The standard InChI is InChI=1S/C27H46O3/c1-18(10-13-25(2,3)28)23-8-9-24-22-7-6-19-16-27(29,17-30-5)15-12-20(19)21(22)11-14-26(23,24)4/h6,18,20-24,28-29H,7-17H2,1-5H3. The maximum absolute atomic E-state index is 10.9. The number of hydrogen-bond acceptors (Lipinski definition) is 3. The summed E-state index contributed by atoms with van der Waals surface area (Å²) in [4.78, 5) is 0. The van der Waals surface area contributed by atoms with E-state index in [2.05, 4.69) is 19.9 Å². The molecule has 0 amide bonds. The van der Waals surface area contributed by atoms with Crippen LogP contribution < -0.4 is 0 Å². The van der Waals surface area contributed by atoms with Gasteiger partial charge in [0.1, 0.15) is 0 Å². The minimum absolute atomic E-state index is 0.468. The van der Waals surface area contributed by atoms with Crippen molar-refractivity contribution < 1.29 is 14.9 Å². The van der Waals surface area contributed by atoms with Crippen molar-refractivity contribution in [3.05, 3.63) is 11.6 Å². The fraction of sp³-hybridized carbons (Fsp3) is 0.926. The third kappa shape index (κ3) is 4.16. The molecule has 3 nitrogen and oxygen atoms in total. The molecule has 30 heavy (non-hydrogen) atoms. The van der Waals surface area contributed by atoms with Crippen molar-refractivity contribution in [3.8, 4) is 0 Å². The Bertz CT molecular complexity index is 649. The molecule has 0 radical (unpaired) electrons. The lowest BCUT2D eigenvalue weighted by Crippen LogP contribution is -2.49. The van der Waals surface area contributed by atoms with Crippen molar-refractivity contribution in [2.45, 2.75) is 103 Å². The SMILES string of the molecule is COCC1(O)CCC2C(=CCC3C2CCC2(C)C(C(C)CCC(C)(C)O)CCC32)C1. The third-order valence-electron chi connectivity index (χ3n) is 9.98. The van der Waals surface area contributed by atoms with E-state index in [4.69, 9.17) is 4.74 Å². The Morgan fingerprint density at radius 2 is 1.93 bits per heavy atom. The molecule has 8 unspecified atom stereocenters. The van der Waals surface area contributed by atoms with Crippen molar-refractivity contribution in [2.75, 3.05) is 13.7 Å². The fourth-order valence-electron chi connectivity index (χ4n) is 8.51. The van der Waals surface area contributed by atoms with Crippen LogP contribution in [0.1, 0.15) is 91.9 Å². The summed E-state index contributed by atoms with van der Waals surface area (Å²) in [7, 11) is 1.70. The molecular weight excluding hydrogens is 372 g/mol. The molecule has 4 aliphatic rings. The van der Waals surface area contributed by atoms with Gasteiger partial charge >= 0.3 is 0 Å². The van der Waals surface area contributed by atoms with E-state index in [9.17, 15) is 10.2 Å². The zero-order valence-corrected chi connectivity index (χ0v) is 20.1. The first kappa shape index (κ1) is 22.8. The molecule has 172 valence electrons. The van der Waals surface area contributed by atoms with Gasteiger partial charge in [-0.15, -0.1) is 0 Å². The Hall–Kier alpha value is -0.380. The minimum Gasteiger partial charge on any atom is -0.390 e. The van der Waals surface area contributed by atoms with E-state index >= 15 is 0 Å². The predicted molar refractivity (Wildman–Crippen MR) is 122 cm³/mol. The monoisotopic (exact) mass is 418 g/mol. The first-order chi connectivity index (χ1) is 14.1. The van der Waals surface area contributed by atoms with Gasteiger partial charge < -0.3 is 14.9 Å². The highest BCUT2D eigenvalue weighted by atomic mass is 16.5. The van der Waals surface area contributed by atoms with Crippen LogP contribution in [0, 0.1) is 40.9 Å². The molecule has 0 heterocycles. The van der Waals surface area contributed by atoms with Crippen molar-refractivity contribution in [3.63, 3.8) is 0 Å². The maximum Gasteiger partial charge on any atom is 0.0917 e. The first-order valence-electron chi connectivity index (χ1n) is 12.7. The molecular formula is C27H46O3. The molecule has 2 N–H and O–H groups in total. The van der Waals surface area contributed by atoms with Gasteiger partial charge in [0.05, 0.1) is 17.8 Å². The van der Waals surface area contributed by atoms with Gasteiger partial charge in [0.2, 0.25) is 0 Å². The Kier molecular flexibility index (Phi) is 6.23. The van der Waals surface area contributed by atoms with Crippen LogP contribution >= 0.6 is 0 Å². The van der Waals surface area contributed by atoms with Crippen molar-refractivity contribution in [1.82, 2.24) is 0 Å². The van der Waals surface area contributed by atoms with Crippen LogP contribution in [0.2, 0.25) is 0 Å². The van der Waals surface area contributed by atoms with Gasteiger partial charge in [-0.25, -0.2) is 0 Å². The van der Waals surface area contributed by atoms with Gasteiger partial charge in [-0.1, -0.05) is 25.5 Å². The first-order valence-corrected chi connectivity index (χ1v) is 12.7. The van der Waals surface area contributed by atoms with Crippen molar-refractivity contribution in [1.29, 1.82) is 0 Å². The lowest BCUT2D eigenvalue weighted by Gasteiger charge is -2.55.